The maximum atomic E-state index is 13.0. The van der Waals surface area contributed by atoms with Gasteiger partial charge in [-0.25, -0.2) is 0 Å². The van der Waals surface area contributed by atoms with Gasteiger partial charge in [-0.05, 0) is 0 Å². The summed E-state index contributed by atoms with van der Waals surface area (Å²) in [7, 11) is 1.50. The van der Waals surface area contributed by atoms with Crippen LogP contribution >= 0.6 is 0 Å². The van der Waals surface area contributed by atoms with Gasteiger partial charge in [0.25, 0.3) is 0 Å². The van der Waals surface area contributed by atoms with E-state index >= 15 is 0 Å². The minimum atomic E-state index is -2.22. The van der Waals surface area contributed by atoms with Gasteiger partial charge in [0, 0.05) is 0 Å². The normalized spacial score (nSPS) is 10.4. The van der Waals surface area contributed by atoms with Crippen LogP contribution in [0, 0.1) is 34.9 Å². The average molecular weight is 483 g/mol. The van der Waals surface area contributed by atoms with E-state index in [1.165, 1.54) is 7.85 Å². The average Bonchev–Trinajstić information content (AvgIpc) is 2.57. The van der Waals surface area contributed by atoms with Gasteiger partial charge in [0.05, 0.1) is 0 Å². The van der Waals surface area contributed by atoms with Gasteiger partial charge >= 0.3 is 161 Å². The van der Waals surface area contributed by atoms with E-state index in [-0.39, 0.29) is 11.5 Å². The molecule has 132 valence electrons. The summed E-state index contributed by atoms with van der Waals surface area (Å²) in [5, 5.41) is 0. The number of hydrogen-bond donors (Lipinski definition) is 0. The first-order valence-corrected chi connectivity index (χ1v) is 11.9. The fraction of sp³-hybridized carbons (Fsp3) is 0.0769. The van der Waals surface area contributed by atoms with Crippen LogP contribution in [0.2, 0.25) is 0 Å². The summed E-state index contributed by atoms with van der Waals surface area (Å²) in [5.74, 6) is -9.12. The predicted octanol–water partition coefficient (Wildman–Crippen LogP) is 2.75. The molecule has 26 heavy (non-hydrogen) atoms. The molecule has 0 aromatic heterocycles. The Morgan fingerprint density at radius 2 is 0.962 bits per heavy atom. The Morgan fingerprint density at radius 1 is 0.654 bits per heavy atom. The van der Waals surface area contributed by atoms with Crippen molar-refractivity contribution in [1.29, 1.82) is 0 Å². The second-order valence-electron chi connectivity index (χ2n) is 4.83. The monoisotopic (exact) mass is 480 g/mol. The molecule has 0 saturated carbocycles. The summed E-state index contributed by atoms with van der Waals surface area (Å²) < 4.78 is 98.2. The molecule has 2 aromatic carbocycles. The molecule has 0 fully saturated rings. The zero-order valence-electron chi connectivity index (χ0n) is 13.2. The summed E-state index contributed by atoms with van der Waals surface area (Å²) in [6.45, 7) is 0. The molecule has 0 amide bonds. The van der Waals surface area contributed by atoms with Gasteiger partial charge in [-0.1, -0.05) is 0 Å². The van der Waals surface area contributed by atoms with E-state index in [0.717, 1.165) is 0 Å². The third-order valence-electron chi connectivity index (χ3n) is 2.97. The van der Waals surface area contributed by atoms with E-state index < -0.39 is 76.8 Å². The van der Waals surface area contributed by atoms with Crippen LogP contribution in [0.15, 0.2) is 24.3 Å². The molecular weight excluding hydrogens is 476 g/mol. The van der Waals surface area contributed by atoms with Crippen molar-refractivity contribution < 1.29 is 76.3 Å². The number of benzene rings is 2. The Hall–Kier alpha value is -1.15. The third-order valence-corrected chi connectivity index (χ3v) is 7.41. The third kappa shape index (κ3) is 5.94. The Bertz CT molecular complexity index is 675. The van der Waals surface area contributed by atoms with Gasteiger partial charge in [0.2, 0.25) is 0 Å². The zero-order valence-corrected chi connectivity index (χ0v) is 19.1. The van der Waals surface area contributed by atoms with Gasteiger partial charge in [-0.3, -0.25) is 0 Å². The van der Waals surface area contributed by atoms with E-state index in [9.17, 15) is 26.3 Å². The molecular formula is C13H7BF6O4Zn2. The number of hydrogen-bond acceptors (Lipinski definition) is 4. The van der Waals surface area contributed by atoms with E-state index in [0.29, 0.717) is 24.3 Å². The van der Waals surface area contributed by atoms with Crippen molar-refractivity contribution in [2.24, 2.45) is 0 Å². The molecule has 0 aliphatic rings. The second kappa shape index (κ2) is 9.69. The minimum absolute atomic E-state index is 0.205. The van der Waals surface area contributed by atoms with Crippen LogP contribution in [0.25, 0.3) is 0 Å². The van der Waals surface area contributed by atoms with Crippen LogP contribution in [0.5, 0.6) is 11.5 Å². The van der Waals surface area contributed by atoms with Crippen molar-refractivity contribution in [3.8, 4) is 11.5 Å². The Morgan fingerprint density at radius 3 is 1.27 bits per heavy atom. The van der Waals surface area contributed by atoms with Gasteiger partial charge in [-0.2, -0.15) is 0 Å². The summed E-state index contributed by atoms with van der Waals surface area (Å²) in [6, 6.07) is 2.77. The van der Waals surface area contributed by atoms with Crippen LogP contribution in [0.4, 0.5) is 26.3 Å². The van der Waals surface area contributed by atoms with E-state index in [2.05, 4.69) is 0 Å². The molecule has 2 rings (SSSR count). The molecule has 0 saturated heterocycles. The molecule has 0 aliphatic heterocycles. The molecule has 0 N–H and O–H groups in total. The van der Waals surface area contributed by atoms with Crippen molar-refractivity contribution >= 4 is 7.85 Å². The molecule has 0 spiro atoms. The maximum absolute atomic E-state index is 13.0. The van der Waals surface area contributed by atoms with Crippen LogP contribution in [0.1, 0.15) is 0 Å². The quantitative estimate of drug-likeness (QED) is 0.251. The van der Waals surface area contributed by atoms with Crippen molar-refractivity contribution in [3.05, 3.63) is 59.2 Å². The molecule has 0 aliphatic carbocycles. The first-order chi connectivity index (χ1) is 12.3. The zero-order chi connectivity index (χ0) is 19.3. The summed E-state index contributed by atoms with van der Waals surface area (Å²) in [4.78, 5) is 0. The Balaban J connectivity index is 1.73. The SMILES string of the molecule is BC([O][Zn][O]c1cc(F)c(F)c(F)c1)[O][Zn][O]c1cc(F)c(F)c(F)c1. The molecule has 0 radical (unpaired) electrons. The molecule has 0 heterocycles. The molecule has 13 heteroatoms. The van der Waals surface area contributed by atoms with Crippen LogP contribution in [-0.2, 0) is 42.8 Å². The van der Waals surface area contributed by atoms with Gasteiger partial charge in [0.15, 0.2) is 0 Å². The fourth-order valence-electron chi connectivity index (χ4n) is 1.68. The molecule has 0 unspecified atom stereocenters. The van der Waals surface area contributed by atoms with Gasteiger partial charge in [0.1, 0.15) is 0 Å². The summed E-state index contributed by atoms with van der Waals surface area (Å²) in [5.41, 5.74) is 0. The first-order valence-electron chi connectivity index (χ1n) is 7.05. The van der Waals surface area contributed by atoms with Gasteiger partial charge in [-0.15, -0.1) is 0 Å². The number of halogens is 6. The Kier molecular flexibility index (Phi) is 7.88. The van der Waals surface area contributed by atoms with Crippen molar-refractivity contribution in [2.45, 2.75) is 6.19 Å². The topological polar surface area (TPSA) is 36.9 Å². The summed E-state index contributed by atoms with van der Waals surface area (Å²) >= 11 is -4.44. The second-order valence-corrected chi connectivity index (χ2v) is 8.43. The van der Waals surface area contributed by atoms with Crippen molar-refractivity contribution in [1.82, 2.24) is 0 Å². The molecule has 0 atom stereocenters. The summed E-state index contributed by atoms with van der Waals surface area (Å²) in [6.07, 6.45) is -0.778. The Labute approximate surface area is 161 Å². The van der Waals surface area contributed by atoms with Crippen LogP contribution < -0.4 is 7.13 Å². The van der Waals surface area contributed by atoms with Gasteiger partial charge < -0.3 is 0 Å². The van der Waals surface area contributed by atoms with E-state index in [1.807, 2.05) is 0 Å². The predicted molar refractivity (Wildman–Crippen MR) is 68.4 cm³/mol. The van der Waals surface area contributed by atoms with Crippen LogP contribution in [0.3, 0.4) is 0 Å². The fourth-order valence-corrected chi connectivity index (χ4v) is 5.29. The number of rotatable bonds is 8. The van der Waals surface area contributed by atoms with Crippen molar-refractivity contribution in [3.63, 3.8) is 0 Å². The molecule has 2 aromatic rings. The molecule has 4 nitrogen and oxygen atoms in total. The van der Waals surface area contributed by atoms with E-state index in [1.54, 1.807) is 0 Å². The van der Waals surface area contributed by atoms with Crippen molar-refractivity contribution in [2.75, 3.05) is 0 Å². The first kappa shape index (κ1) is 21.2. The van der Waals surface area contributed by atoms with Crippen LogP contribution in [-0.4, -0.2) is 14.0 Å². The molecule has 0 bridgehead atoms. The standard InChI is InChI=1S/2C6H3F3O.CH3BO2.2Zn/c2*7-4-1-3(10)2-5(8)6(4)9;2-1(3)4;;/h2*1-2,10H;1H,2H2;;/q;;-2;2*+2/p-2. The van der Waals surface area contributed by atoms with E-state index in [4.69, 9.17) is 14.3 Å².